The van der Waals surface area contributed by atoms with E-state index >= 15 is 0 Å². The number of carbonyl (C=O) groups excluding carboxylic acids is 1. The molecule has 1 amide bonds. The Labute approximate surface area is 140 Å². The van der Waals surface area contributed by atoms with E-state index in [-0.39, 0.29) is 4.90 Å². The van der Waals surface area contributed by atoms with Crippen molar-refractivity contribution in [2.45, 2.75) is 35.1 Å². The minimum Gasteiger partial charge on any atom is -0.468 e. The van der Waals surface area contributed by atoms with Crippen LogP contribution in [0.2, 0.25) is 0 Å². The lowest BCUT2D eigenvalue weighted by atomic mass is 9.81. The van der Waals surface area contributed by atoms with Gasteiger partial charge < -0.3 is 10.1 Å². The van der Waals surface area contributed by atoms with Gasteiger partial charge in [0.2, 0.25) is 5.91 Å². The zero-order chi connectivity index (χ0) is 16.9. The molecule has 124 valence electrons. The molecule has 2 aromatic carbocycles. The second kappa shape index (κ2) is 5.08. The number of piperidine rings is 1. The highest BCUT2D eigenvalue weighted by molar-refractivity contribution is 7.92. The molecule has 1 N–H and O–H groups in total. The predicted molar refractivity (Wildman–Crippen MR) is 88.4 cm³/mol. The van der Waals surface area contributed by atoms with Gasteiger partial charge in [-0.1, -0.05) is 36.4 Å². The molecule has 1 saturated heterocycles. The maximum atomic E-state index is 13.1. The number of hydrogen-bond donors (Lipinski definition) is 1. The first-order chi connectivity index (χ1) is 11.4. The molecule has 2 aliphatic heterocycles. The molecule has 1 fully saturated rings. The number of benzene rings is 2. The molecule has 3 atom stereocenters. The van der Waals surface area contributed by atoms with Crippen LogP contribution in [0, 0.1) is 0 Å². The normalized spacial score (nSPS) is 28.5. The Morgan fingerprint density at radius 3 is 2.50 bits per heavy atom. The Morgan fingerprint density at radius 1 is 1.08 bits per heavy atom. The van der Waals surface area contributed by atoms with Gasteiger partial charge in [0.1, 0.15) is 5.75 Å². The average Bonchev–Trinajstić information content (AvgIpc) is 2.54. The fourth-order valence-corrected chi connectivity index (χ4v) is 5.51. The van der Waals surface area contributed by atoms with Gasteiger partial charge in [0.25, 0.3) is 0 Å². The molecule has 24 heavy (non-hydrogen) atoms. The number of carbonyl (C=O) groups is 1. The van der Waals surface area contributed by atoms with Crippen LogP contribution in [0.15, 0.2) is 59.5 Å². The first-order valence-electron chi connectivity index (χ1n) is 7.80. The Kier molecular flexibility index (Phi) is 3.22. The minimum atomic E-state index is -3.80. The number of ether oxygens (including phenoxy) is 1. The van der Waals surface area contributed by atoms with Crippen molar-refractivity contribution in [2.24, 2.45) is 0 Å². The van der Waals surface area contributed by atoms with E-state index in [1.165, 1.54) is 12.1 Å². The summed E-state index contributed by atoms with van der Waals surface area (Å²) in [5.41, 5.74) is -0.104. The average molecular weight is 343 g/mol. The number of nitrogens with one attached hydrogen (secondary N) is 1. The molecular weight excluding hydrogens is 326 g/mol. The third kappa shape index (κ3) is 2.21. The largest absolute Gasteiger partial charge is 0.468 e. The molecule has 2 bridgehead atoms. The lowest BCUT2D eigenvalue weighted by Crippen LogP contribution is -2.63. The number of sulfone groups is 1. The quantitative estimate of drug-likeness (QED) is 0.908. The number of fused-ring (bicyclic) bond motifs is 4. The van der Waals surface area contributed by atoms with Crippen molar-refractivity contribution in [3.63, 3.8) is 0 Å². The molecule has 0 aromatic heterocycles. The van der Waals surface area contributed by atoms with Gasteiger partial charge in [-0.05, 0) is 30.7 Å². The van der Waals surface area contributed by atoms with Crippen LogP contribution in [0.1, 0.15) is 24.8 Å². The molecule has 2 heterocycles. The van der Waals surface area contributed by atoms with E-state index in [0.717, 1.165) is 5.56 Å². The SMILES string of the molecule is C[C@@]12C[C@@H](c3ccccc3O1)[C@H](S(=O)(=O)c1ccccc1)C(=O)N2. The fraction of sp³-hybridized carbons (Fsp3) is 0.278. The summed E-state index contributed by atoms with van der Waals surface area (Å²) in [7, 11) is -3.80. The first-order valence-corrected chi connectivity index (χ1v) is 9.34. The summed E-state index contributed by atoms with van der Waals surface area (Å²) in [6.07, 6.45) is 0.423. The number of hydrogen-bond acceptors (Lipinski definition) is 4. The summed E-state index contributed by atoms with van der Waals surface area (Å²) in [6, 6.07) is 15.5. The van der Waals surface area contributed by atoms with Crippen LogP contribution in [0.25, 0.3) is 0 Å². The van der Waals surface area contributed by atoms with Crippen LogP contribution in [0.5, 0.6) is 5.75 Å². The molecule has 2 aliphatic rings. The van der Waals surface area contributed by atoms with Crippen molar-refractivity contribution >= 4 is 15.7 Å². The fourth-order valence-electron chi connectivity index (χ4n) is 3.67. The number of para-hydroxylation sites is 1. The van der Waals surface area contributed by atoms with Crippen LogP contribution in [-0.4, -0.2) is 25.3 Å². The highest BCUT2D eigenvalue weighted by Gasteiger charge is 2.53. The maximum absolute atomic E-state index is 13.1. The molecule has 5 nitrogen and oxygen atoms in total. The Morgan fingerprint density at radius 2 is 1.75 bits per heavy atom. The molecule has 2 aromatic rings. The van der Waals surface area contributed by atoms with Crippen molar-refractivity contribution in [3.8, 4) is 5.75 Å². The lowest BCUT2D eigenvalue weighted by molar-refractivity contribution is -0.132. The summed E-state index contributed by atoms with van der Waals surface area (Å²) in [5, 5.41) is 1.60. The van der Waals surface area contributed by atoms with Gasteiger partial charge in [0.15, 0.2) is 20.8 Å². The molecular formula is C18H17NO4S. The molecule has 0 aliphatic carbocycles. The van der Waals surface area contributed by atoms with Gasteiger partial charge in [-0.15, -0.1) is 0 Å². The van der Waals surface area contributed by atoms with E-state index in [1.54, 1.807) is 25.1 Å². The van der Waals surface area contributed by atoms with Gasteiger partial charge >= 0.3 is 0 Å². The van der Waals surface area contributed by atoms with Gasteiger partial charge in [-0.3, -0.25) is 4.79 Å². The maximum Gasteiger partial charge on any atom is 0.242 e. The van der Waals surface area contributed by atoms with Gasteiger partial charge in [-0.25, -0.2) is 8.42 Å². The van der Waals surface area contributed by atoms with Crippen LogP contribution < -0.4 is 10.1 Å². The minimum absolute atomic E-state index is 0.165. The van der Waals surface area contributed by atoms with Crippen LogP contribution in [-0.2, 0) is 14.6 Å². The highest BCUT2D eigenvalue weighted by atomic mass is 32.2. The zero-order valence-electron chi connectivity index (χ0n) is 13.1. The van der Waals surface area contributed by atoms with Gasteiger partial charge in [0.05, 0.1) is 4.90 Å². The summed E-state index contributed by atoms with van der Waals surface area (Å²) in [6.45, 7) is 1.78. The molecule has 6 heteroatoms. The number of rotatable bonds is 2. The lowest BCUT2D eigenvalue weighted by Gasteiger charge is -2.46. The van der Waals surface area contributed by atoms with E-state index in [0.29, 0.717) is 12.2 Å². The summed E-state index contributed by atoms with van der Waals surface area (Å²) in [4.78, 5) is 12.8. The van der Waals surface area contributed by atoms with E-state index in [1.807, 2.05) is 24.3 Å². The highest BCUT2D eigenvalue weighted by Crippen LogP contribution is 2.46. The smallest absolute Gasteiger partial charge is 0.242 e. The van der Waals surface area contributed by atoms with E-state index in [4.69, 9.17) is 4.74 Å². The van der Waals surface area contributed by atoms with Crippen molar-refractivity contribution < 1.29 is 17.9 Å². The summed E-state index contributed by atoms with van der Waals surface area (Å²) in [5.74, 6) is -0.310. The third-order valence-electron chi connectivity index (χ3n) is 4.68. The van der Waals surface area contributed by atoms with Crippen molar-refractivity contribution in [3.05, 3.63) is 60.2 Å². The summed E-state index contributed by atoms with van der Waals surface area (Å²) >= 11 is 0. The molecule has 0 unspecified atom stereocenters. The van der Waals surface area contributed by atoms with Crippen LogP contribution in [0.4, 0.5) is 0 Å². The van der Waals surface area contributed by atoms with Gasteiger partial charge in [-0.2, -0.15) is 0 Å². The molecule has 0 spiro atoms. The van der Waals surface area contributed by atoms with Gasteiger partial charge in [0, 0.05) is 12.3 Å². The van der Waals surface area contributed by atoms with Crippen molar-refractivity contribution in [1.29, 1.82) is 0 Å². The van der Waals surface area contributed by atoms with Crippen LogP contribution >= 0.6 is 0 Å². The topological polar surface area (TPSA) is 72.5 Å². The number of amides is 1. The first kappa shape index (κ1) is 15.2. The Balaban J connectivity index is 1.87. The Bertz CT molecular complexity index is 910. The van der Waals surface area contributed by atoms with E-state index in [9.17, 15) is 13.2 Å². The second-order valence-electron chi connectivity index (χ2n) is 6.45. The standard InChI is InChI=1S/C18H17NO4S/c1-18-11-14(13-9-5-6-10-15(13)23-18)16(17(20)19-18)24(21,22)12-7-3-2-4-8-12/h2-10,14,16H,11H2,1H3,(H,19,20)/t14-,16-,18-/m0/s1. The van der Waals surface area contributed by atoms with Crippen molar-refractivity contribution in [1.82, 2.24) is 5.32 Å². The summed E-state index contributed by atoms with van der Waals surface area (Å²) < 4.78 is 32.1. The van der Waals surface area contributed by atoms with E-state index < -0.39 is 32.6 Å². The molecule has 4 rings (SSSR count). The Hall–Kier alpha value is -2.34. The molecule has 0 radical (unpaired) electrons. The third-order valence-corrected chi connectivity index (χ3v) is 6.82. The van der Waals surface area contributed by atoms with Crippen molar-refractivity contribution in [2.75, 3.05) is 0 Å². The van der Waals surface area contributed by atoms with Crippen LogP contribution in [0.3, 0.4) is 0 Å². The second-order valence-corrected chi connectivity index (χ2v) is 8.52. The van der Waals surface area contributed by atoms with E-state index in [2.05, 4.69) is 5.32 Å². The zero-order valence-corrected chi connectivity index (χ0v) is 13.9. The predicted octanol–water partition coefficient (Wildman–Crippen LogP) is 2.24. The monoisotopic (exact) mass is 343 g/mol. The molecule has 0 saturated carbocycles.